The number of anilines is 2. The maximum Gasteiger partial charge on any atom is 0.224 e. The minimum atomic E-state index is -0.317. The molecule has 2 heterocycles. The van der Waals surface area contributed by atoms with Crippen LogP contribution in [0.5, 0.6) is 0 Å². The second kappa shape index (κ2) is 6.78. The number of carbonyl (C=O) groups is 1. The van der Waals surface area contributed by atoms with Gasteiger partial charge in [0.15, 0.2) is 0 Å². The smallest absolute Gasteiger partial charge is 0.224 e. The number of halogens is 1. The Balaban J connectivity index is 1.80. The van der Waals surface area contributed by atoms with Crippen LogP contribution < -0.4 is 10.6 Å². The van der Waals surface area contributed by atoms with Crippen LogP contribution in [0, 0.1) is 5.82 Å². The van der Waals surface area contributed by atoms with Gasteiger partial charge in [-0.15, -0.1) is 0 Å². The summed E-state index contributed by atoms with van der Waals surface area (Å²) in [6.45, 7) is 1.24. The fourth-order valence-corrected chi connectivity index (χ4v) is 2.68. The molecule has 0 saturated heterocycles. The van der Waals surface area contributed by atoms with E-state index in [2.05, 4.69) is 15.7 Å². The van der Waals surface area contributed by atoms with E-state index in [0.29, 0.717) is 31.7 Å². The summed E-state index contributed by atoms with van der Waals surface area (Å²) in [5, 5.41) is 10.4. The highest BCUT2D eigenvalue weighted by atomic mass is 19.1. The molecule has 0 spiro atoms. The van der Waals surface area contributed by atoms with Crippen LogP contribution in [-0.4, -0.2) is 29.4 Å². The van der Waals surface area contributed by atoms with Crippen molar-refractivity contribution in [1.82, 2.24) is 9.78 Å². The summed E-state index contributed by atoms with van der Waals surface area (Å²) >= 11 is 0. The standard InChI is InChI=1S/C16H19FN4O2/c1-23-7-6-21-10-12(9-18-21)19-14-4-5-16(22)20-15-3-2-11(17)8-13(14)15/h2-3,8-10,14,19H,4-7H2,1H3,(H,20,22). The van der Waals surface area contributed by atoms with E-state index in [1.165, 1.54) is 12.1 Å². The third-order valence-corrected chi connectivity index (χ3v) is 3.82. The summed E-state index contributed by atoms with van der Waals surface area (Å²) in [6, 6.07) is 4.27. The number of benzene rings is 1. The van der Waals surface area contributed by atoms with Crippen LogP contribution in [-0.2, 0) is 16.1 Å². The average Bonchev–Trinajstić information content (AvgIpc) is 2.92. The molecule has 23 heavy (non-hydrogen) atoms. The van der Waals surface area contributed by atoms with Crippen LogP contribution in [0.15, 0.2) is 30.6 Å². The van der Waals surface area contributed by atoms with Crippen molar-refractivity contribution in [1.29, 1.82) is 0 Å². The van der Waals surface area contributed by atoms with Gasteiger partial charge in [-0.3, -0.25) is 9.48 Å². The number of fused-ring (bicyclic) bond motifs is 1. The van der Waals surface area contributed by atoms with Crippen molar-refractivity contribution in [3.63, 3.8) is 0 Å². The van der Waals surface area contributed by atoms with Gasteiger partial charge in [-0.05, 0) is 24.6 Å². The first-order chi connectivity index (χ1) is 11.2. The Labute approximate surface area is 133 Å². The van der Waals surface area contributed by atoms with Crippen molar-refractivity contribution in [2.45, 2.75) is 25.4 Å². The Bertz CT molecular complexity index is 701. The Morgan fingerprint density at radius 3 is 3.22 bits per heavy atom. The van der Waals surface area contributed by atoms with Gasteiger partial charge >= 0.3 is 0 Å². The number of methoxy groups -OCH3 is 1. The SMILES string of the molecule is COCCn1cc(NC2CCC(=O)Nc3ccc(F)cc32)cn1. The lowest BCUT2D eigenvalue weighted by atomic mass is 10.0. The lowest BCUT2D eigenvalue weighted by Crippen LogP contribution is -2.10. The number of carbonyl (C=O) groups excluding carboxylic acids is 1. The Hall–Kier alpha value is -2.41. The van der Waals surface area contributed by atoms with Gasteiger partial charge < -0.3 is 15.4 Å². The molecule has 0 radical (unpaired) electrons. The van der Waals surface area contributed by atoms with Crippen LogP contribution in [0.3, 0.4) is 0 Å². The van der Waals surface area contributed by atoms with Gasteiger partial charge in [0.05, 0.1) is 31.1 Å². The summed E-state index contributed by atoms with van der Waals surface area (Å²) in [7, 11) is 1.64. The Morgan fingerprint density at radius 2 is 2.39 bits per heavy atom. The lowest BCUT2D eigenvalue weighted by Gasteiger charge is -2.18. The fourth-order valence-electron chi connectivity index (χ4n) is 2.68. The maximum atomic E-state index is 13.6. The molecule has 2 aromatic rings. The number of amides is 1. The number of aromatic nitrogens is 2. The normalized spacial score (nSPS) is 17.3. The van der Waals surface area contributed by atoms with Crippen LogP contribution >= 0.6 is 0 Å². The van der Waals surface area contributed by atoms with Crippen molar-refractivity contribution >= 4 is 17.3 Å². The number of ether oxygens (including phenoxy) is 1. The summed E-state index contributed by atoms with van der Waals surface area (Å²) in [4.78, 5) is 11.8. The molecule has 6 nitrogen and oxygen atoms in total. The molecule has 7 heteroatoms. The number of nitrogens with one attached hydrogen (secondary N) is 2. The highest BCUT2D eigenvalue weighted by molar-refractivity contribution is 5.92. The molecule has 1 amide bonds. The predicted molar refractivity (Wildman–Crippen MR) is 84.7 cm³/mol. The van der Waals surface area contributed by atoms with Crippen LogP contribution in [0.25, 0.3) is 0 Å². The molecule has 1 unspecified atom stereocenters. The number of hydrogen-bond acceptors (Lipinski definition) is 4. The number of nitrogens with zero attached hydrogens (tertiary/aromatic N) is 2. The highest BCUT2D eigenvalue weighted by Gasteiger charge is 2.22. The fraction of sp³-hybridized carbons (Fsp3) is 0.375. The molecule has 1 aromatic heterocycles. The average molecular weight is 318 g/mol. The molecule has 122 valence electrons. The molecule has 1 aliphatic rings. The monoisotopic (exact) mass is 318 g/mol. The Morgan fingerprint density at radius 1 is 1.52 bits per heavy atom. The van der Waals surface area contributed by atoms with Crippen LogP contribution in [0.4, 0.5) is 15.8 Å². The minimum absolute atomic E-state index is 0.0575. The summed E-state index contributed by atoms with van der Waals surface area (Å²) < 4.78 is 20.4. The zero-order chi connectivity index (χ0) is 16.2. The molecule has 0 aliphatic carbocycles. The van der Waals surface area contributed by atoms with Crippen molar-refractivity contribution in [3.8, 4) is 0 Å². The summed E-state index contributed by atoms with van der Waals surface area (Å²) in [5.41, 5.74) is 2.23. The van der Waals surface area contributed by atoms with E-state index in [4.69, 9.17) is 4.74 Å². The third kappa shape index (κ3) is 3.68. The molecule has 1 atom stereocenters. The molecule has 3 rings (SSSR count). The first-order valence-electron chi connectivity index (χ1n) is 7.53. The summed E-state index contributed by atoms with van der Waals surface area (Å²) in [6.07, 6.45) is 4.56. The first kappa shape index (κ1) is 15.5. The van der Waals surface area contributed by atoms with E-state index in [1.807, 2.05) is 6.20 Å². The van der Waals surface area contributed by atoms with Gasteiger partial charge in [0.25, 0.3) is 0 Å². The zero-order valence-corrected chi connectivity index (χ0v) is 12.9. The largest absolute Gasteiger partial charge is 0.383 e. The van der Waals surface area contributed by atoms with Gasteiger partial charge in [-0.1, -0.05) is 0 Å². The number of hydrogen-bond donors (Lipinski definition) is 2. The predicted octanol–water partition coefficient (Wildman–Crippen LogP) is 2.55. The van der Waals surface area contributed by atoms with Crippen molar-refractivity contribution < 1.29 is 13.9 Å². The maximum absolute atomic E-state index is 13.6. The van der Waals surface area contributed by atoms with Crippen molar-refractivity contribution in [3.05, 3.63) is 42.0 Å². The van der Waals surface area contributed by atoms with Crippen molar-refractivity contribution in [2.24, 2.45) is 0 Å². The minimum Gasteiger partial charge on any atom is -0.383 e. The molecule has 1 aromatic carbocycles. The van der Waals surface area contributed by atoms with E-state index < -0.39 is 0 Å². The first-order valence-corrected chi connectivity index (χ1v) is 7.53. The molecule has 0 saturated carbocycles. The third-order valence-electron chi connectivity index (χ3n) is 3.82. The van der Waals surface area contributed by atoms with Crippen molar-refractivity contribution in [2.75, 3.05) is 24.4 Å². The van der Waals surface area contributed by atoms with E-state index in [9.17, 15) is 9.18 Å². The molecular weight excluding hydrogens is 299 g/mol. The van der Waals surface area contributed by atoms with Gasteiger partial charge in [-0.25, -0.2) is 4.39 Å². The quantitative estimate of drug-likeness (QED) is 0.889. The van der Waals surface area contributed by atoms with Crippen LogP contribution in [0.2, 0.25) is 0 Å². The molecule has 1 aliphatic heterocycles. The van der Waals surface area contributed by atoms with Gasteiger partial charge in [0.2, 0.25) is 5.91 Å². The van der Waals surface area contributed by atoms with E-state index in [1.54, 1.807) is 24.1 Å². The van der Waals surface area contributed by atoms with Gasteiger partial charge in [-0.2, -0.15) is 5.10 Å². The number of rotatable bonds is 5. The molecular formula is C16H19FN4O2. The molecule has 0 fully saturated rings. The topological polar surface area (TPSA) is 68.2 Å². The van der Waals surface area contributed by atoms with E-state index in [0.717, 1.165) is 11.3 Å². The second-order valence-corrected chi connectivity index (χ2v) is 5.50. The summed E-state index contributed by atoms with van der Waals surface area (Å²) in [5.74, 6) is -0.375. The van der Waals surface area contributed by atoms with E-state index >= 15 is 0 Å². The second-order valence-electron chi connectivity index (χ2n) is 5.50. The Kier molecular flexibility index (Phi) is 4.57. The molecule has 2 N–H and O–H groups in total. The van der Waals surface area contributed by atoms with E-state index in [-0.39, 0.29) is 17.8 Å². The molecule has 0 bridgehead atoms. The zero-order valence-electron chi connectivity index (χ0n) is 12.9. The van der Waals surface area contributed by atoms with Gasteiger partial charge in [0, 0.05) is 31.0 Å². The van der Waals surface area contributed by atoms with Crippen LogP contribution in [0.1, 0.15) is 24.4 Å². The van der Waals surface area contributed by atoms with Gasteiger partial charge in [0.1, 0.15) is 5.82 Å². The highest BCUT2D eigenvalue weighted by Crippen LogP contribution is 2.33. The lowest BCUT2D eigenvalue weighted by molar-refractivity contribution is -0.116.